The number of carbonyl (C=O) groups is 1. The van der Waals surface area contributed by atoms with Crippen LogP contribution in [0.2, 0.25) is 5.02 Å². The van der Waals surface area contributed by atoms with Crippen molar-refractivity contribution in [2.24, 2.45) is 0 Å². The molecule has 5 rings (SSSR count). The second-order valence-corrected chi connectivity index (χ2v) is 10.6. The highest BCUT2D eigenvalue weighted by molar-refractivity contribution is 7.19. The summed E-state index contributed by atoms with van der Waals surface area (Å²) in [5.41, 5.74) is 2.17. The number of halogens is 1. The van der Waals surface area contributed by atoms with E-state index in [2.05, 4.69) is 18.7 Å². The van der Waals surface area contributed by atoms with Gasteiger partial charge in [-0.05, 0) is 55.5 Å². The molecule has 1 amide bonds. The van der Waals surface area contributed by atoms with Gasteiger partial charge in [0, 0.05) is 47.6 Å². The highest BCUT2D eigenvalue weighted by Crippen LogP contribution is 2.40. The molecular weight excluding hydrogens is 440 g/mol. The summed E-state index contributed by atoms with van der Waals surface area (Å²) in [7, 11) is 0. The monoisotopic (exact) mass is 468 g/mol. The molecule has 0 N–H and O–H groups in total. The lowest BCUT2D eigenvalue weighted by Gasteiger charge is -2.36. The Morgan fingerprint density at radius 2 is 1.72 bits per heavy atom. The van der Waals surface area contributed by atoms with E-state index in [0.29, 0.717) is 23.7 Å². The summed E-state index contributed by atoms with van der Waals surface area (Å²) in [5, 5.41) is 1.92. The Balaban J connectivity index is 1.44. The lowest BCUT2D eigenvalue weighted by Crippen LogP contribution is -2.49. The third-order valence-corrected chi connectivity index (χ3v) is 7.97. The Labute approximate surface area is 198 Å². The van der Waals surface area contributed by atoms with E-state index in [9.17, 15) is 4.79 Å². The first-order chi connectivity index (χ1) is 15.5. The van der Waals surface area contributed by atoms with Crippen LogP contribution in [0.1, 0.15) is 65.7 Å². The summed E-state index contributed by atoms with van der Waals surface area (Å²) in [6.45, 7) is 7.27. The second kappa shape index (κ2) is 8.99. The molecule has 3 heterocycles. The molecular formula is C25H29ClN4OS. The molecule has 3 aromatic rings. The zero-order valence-electron chi connectivity index (χ0n) is 18.7. The van der Waals surface area contributed by atoms with Gasteiger partial charge in [0.1, 0.15) is 16.5 Å². The maximum absolute atomic E-state index is 12.9. The van der Waals surface area contributed by atoms with Crippen LogP contribution in [-0.4, -0.2) is 47.0 Å². The number of hydrogen-bond acceptors (Lipinski definition) is 5. The third kappa shape index (κ3) is 4.11. The number of benzene rings is 1. The van der Waals surface area contributed by atoms with Crippen LogP contribution < -0.4 is 4.90 Å². The maximum Gasteiger partial charge on any atom is 0.253 e. The van der Waals surface area contributed by atoms with Crippen LogP contribution in [0.15, 0.2) is 24.3 Å². The van der Waals surface area contributed by atoms with Crippen LogP contribution in [-0.2, 0) is 12.8 Å². The van der Waals surface area contributed by atoms with Crippen LogP contribution in [0, 0.1) is 0 Å². The Bertz CT molecular complexity index is 1130. The van der Waals surface area contributed by atoms with Crippen molar-refractivity contribution in [1.82, 2.24) is 14.9 Å². The van der Waals surface area contributed by atoms with Gasteiger partial charge in [-0.15, -0.1) is 11.3 Å². The fourth-order valence-electron chi connectivity index (χ4n) is 4.71. The van der Waals surface area contributed by atoms with Gasteiger partial charge in [0.25, 0.3) is 5.91 Å². The molecule has 2 aliphatic rings. The summed E-state index contributed by atoms with van der Waals surface area (Å²) in [6, 6.07) is 7.16. The van der Waals surface area contributed by atoms with Crippen molar-refractivity contribution >= 4 is 44.9 Å². The van der Waals surface area contributed by atoms with E-state index in [-0.39, 0.29) is 11.8 Å². The number of rotatable bonds is 3. The Hall–Kier alpha value is -2.18. The number of nitrogens with zero attached hydrogens (tertiary/aromatic N) is 4. The number of carbonyl (C=O) groups excluding carboxylic acids is 1. The van der Waals surface area contributed by atoms with Gasteiger partial charge in [0.2, 0.25) is 0 Å². The first kappa shape index (κ1) is 21.7. The molecule has 7 heteroatoms. The Kier molecular flexibility index (Phi) is 6.08. The van der Waals surface area contributed by atoms with Crippen molar-refractivity contribution in [3.63, 3.8) is 0 Å². The lowest BCUT2D eigenvalue weighted by molar-refractivity contribution is 0.0746. The minimum Gasteiger partial charge on any atom is -0.352 e. The predicted molar refractivity (Wildman–Crippen MR) is 132 cm³/mol. The van der Waals surface area contributed by atoms with E-state index < -0.39 is 0 Å². The van der Waals surface area contributed by atoms with Crippen LogP contribution in [0.5, 0.6) is 0 Å². The van der Waals surface area contributed by atoms with E-state index in [0.717, 1.165) is 42.4 Å². The van der Waals surface area contributed by atoms with Crippen molar-refractivity contribution in [3.05, 3.63) is 51.1 Å². The quantitative estimate of drug-likeness (QED) is 0.462. The number of anilines is 1. The number of aryl methyl sites for hydroxylation is 2. The molecule has 1 saturated heterocycles. The Morgan fingerprint density at radius 3 is 2.44 bits per heavy atom. The minimum atomic E-state index is 0.0708. The second-order valence-electron chi connectivity index (χ2n) is 9.09. The molecule has 0 bridgehead atoms. The molecule has 32 heavy (non-hydrogen) atoms. The predicted octanol–water partition coefficient (Wildman–Crippen LogP) is 5.70. The average Bonchev–Trinajstić information content (AvgIpc) is 2.99. The molecule has 0 radical (unpaired) electrons. The van der Waals surface area contributed by atoms with Crippen LogP contribution in [0.25, 0.3) is 10.2 Å². The van der Waals surface area contributed by atoms with Gasteiger partial charge in [-0.3, -0.25) is 4.79 Å². The average molecular weight is 469 g/mol. The summed E-state index contributed by atoms with van der Waals surface area (Å²) in [4.78, 5) is 29.9. The number of aromatic nitrogens is 2. The molecule has 0 atom stereocenters. The molecule has 0 spiro atoms. The van der Waals surface area contributed by atoms with Gasteiger partial charge < -0.3 is 9.80 Å². The SMILES string of the molecule is CC(C)c1nc(N2CCN(C(=O)c3ccc(Cl)cc3)CC2)c2c3c(sc2n1)CCCCC3. The van der Waals surface area contributed by atoms with Crippen molar-refractivity contribution in [1.29, 1.82) is 0 Å². The molecule has 0 unspecified atom stereocenters. The number of amides is 1. The molecule has 1 aromatic carbocycles. The van der Waals surface area contributed by atoms with Gasteiger partial charge in [-0.25, -0.2) is 9.97 Å². The van der Waals surface area contributed by atoms with Gasteiger partial charge in [0.15, 0.2) is 0 Å². The number of thiophene rings is 1. The van der Waals surface area contributed by atoms with Gasteiger partial charge in [0.05, 0.1) is 5.39 Å². The normalized spacial score (nSPS) is 17.0. The molecule has 0 saturated carbocycles. The van der Waals surface area contributed by atoms with E-state index in [1.165, 1.54) is 35.1 Å². The van der Waals surface area contributed by atoms with E-state index in [4.69, 9.17) is 21.6 Å². The summed E-state index contributed by atoms with van der Waals surface area (Å²) < 4.78 is 0. The first-order valence-corrected chi connectivity index (χ1v) is 12.8. The standard InChI is InChI=1S/C25H29ClN4OS/c1-16(2)22-27-23(21-19-6-4-3-5-7-20(19)32-24(21)28-22)29-12-14-30(15-13-29)25(31)17-8-10-18(26)11-9-17/h8-11,16H,3-7,12-15H2,1-2H3. The zero-order chi connectivity index (χ0) is 22.2. The fourth-order valence-corrected chi connectivity index (χ4v) is 6.10. The largest absolute Gasteiger partial charge is 0.352 e. The summed E-state index contributed by atoms with van der Waals surface area (Å²) in [5.74, 6) is 2.36. The highest BCUT2D eigenvalue weighted by atomic mass is 35.5. The van der Waals surface area contributed by atoms with Crippen LogP contribution >= 0.6 is 22.9 Å². The molecule has 5 nitrogen and oxygen atoms in total. The number of piperazine rings is 1. The maximum atomic E-state index is 12.9. The Morgan fingerprint density at radius 1 is 1.00 bits per heavy atom. The third-order valence-electron chi connectivity index (χ3n) is 6.54. The number of fused-ring (bicyclic) bond motifs is 3. The number of hydrogen-bond donors (Lipinski definition) is 0. The lowest BCUT2D eigenvalue weighted by atomic mass is 10.1. The van der Waals surface area contributed by atoms with Crippen LogP contribution in [0.3, 0.4) is 0 Å². The van der Waals surface area contributed by atoms with E-state index in [1.807, 2.05) is 16.2 Å². The van der Waals surface area contributed by atoms with Gasteiger partial charge in [-0.2, -0.15) is 0 Å². The topological polar surface area (TPSA) is 49.3 Å². The van der Waals surface area contributed by atoms with Crippen molar-refractivity contribution in [2.75, 3.05) is 31.1 Å². The first-order valence-electron chi connectivity index (χ1n) is 11.6. The van der Waals surface area contributed by atoms with Crippen molar-refractivity contribution < 1.29 is 4.79 Å². The van der Waals surface area contributed by atoms with Crippen molar-refractivity contribution in [3.8, 4) is 0 Å². The smallest absolute Gasteiger partial charge is 0.253 e. The highest BCUT2D eigenvalue weighted by Gasteiger charge is 2.28. The minimum absolute atomic E-state index is 0.0708. The van der Waals surface area contributed by atoms with E-state index >= 15 is 0 Å². The fraction of sp³-hybridized carbons (Fsp3) is 0.480. The van der Waals surface area contributed by atoms with Gasteiger partial charge in [-0.1, -0.05) is 31.9 Å². The van der Waals surface area contributed by atoms with E-state index in [1.54, 1.807) is 24.3 Å². The molecule has 1 fully saturated rings. The molecule has 2 aromatic heterocycles. The van der Waals surface area contributed by atoms with Crippen LogP contribution in [0.4, 0.5) is 5.82 Å². The van der Waals surface area contributed by atoms with Gasteiger partial charge >= 0.3 is 0 Å². The molecule has 1 aliphatic heterocycles. The zero-order valence-corrected chi connectivity index (χ0v) is 20.3. The molecule has 168 valence electrons. The summed E-state index contributed by atoms with van der Waals surface area (Å²) >= 11 is 7.85. The summed E-state index contributed by atoms with van der Waals surface area (Å²) in [6.07, 6.45) is 6.10. The molecule has 1 aliphatic carbocycles. The van der Waals surface area contributed by atoms with Crippen molar-refractivity contribution in [2.45, 2.75) is 51.9 Å².